The highest BCUT2D eigenvalue weighted by atomic mass is 19.1. The summed E-state index contributed by atoms with van der Waals surface area (Å²) in [5.74, 6) is -0.275. The van der Waals surface area contributed by atoms with E-state index >= 15 is 0 Å². The number of aryl methyl sites for hydroxylation is 1. The number of benzene rings is 1. The second kappa shape index (κ2) is 12.5. The summed E-state index contributed by atoms with van der Waals surface area (Å²) >= 11 is 0. The van der Waals surface area contributed by atoms with Crippen molar-refractivity contribution < 1.29 is 13.9 Å². The van der Waals surface area contributed by atoms with Gasteiger partial charge < -0.3 is 14.5 Å². The highest BCUT2D eigenvalue weighted by Gasteiger charge is 2.26. The summed E-state index contributed by atoms with van der Waals surface area (Å²) in [6, 6.07) is 3.37. The summed E-state index contributed by atoms with van der Waals surface area (Å²) in [5.41, 5.74) is 2.39. The number of halogens is 1. The molecule has 3 rings (SSSR count). The second-order valence-electron chi connectivity index (χ2n) is 9.88. The molecule has 6 heteroatoms. The average molecular weight is 451 g/mol. The van der Waals surface area contributed by atoms with Crippen LogP contribution in [0.2, 0.25) is 0 Å². The number of aromatic amines is 1. The van der Waals surface area contributed by atoms with E-state index in [4.69, 9.17) is 9.47 Å². The minimum absolute atomic E-state index is 0.132. The summed E-state index contributed by atoms with van der Waals surface area (Å²) in [6.45, 7) is 12.1. The predicted molar refractivity (Wildman–Crippen MR) is 130 cm³/mol. The number of nitrogens with one attached hydrogen (secondary N) is 1. The number of hydrogen-bond donors (Lipinski definition) is 1. The maximum atomic E-state index is 13.6. The highest BCUT2D eigenvalue weighted by Crippen LogP contribution is 2.36. The first kappa shape index (κ1) is 26.6. The van der Waals surface area contributed by atoms with Gasteiger partial charge in [-0.25, -0.2) is 9.18 Å². The van der Waals surface area contributed by atoms with Gasteiger partial charge in [-0.3, -0.25) is 4.57 Å². The summed E-state index contributed by atoms with van der Waals surface area (Å²) in [4.78, 5) is 14.9. The maximum absolute atomic E-state index is 13.6. The number of nitrogens with zero attached hydrogens (tertiary/aromatic N) is 1. The fraction of sp³-hybridized carbons (Fsp3) is 0.731. The lowest BCUT2D eigenvalue weighted by molar-refractivity contribution is -0.0173. The molecule has 5 nitrogen and oxygen atoms in total. The summed E-state index contributed by atoms with van der Waals surface area (Å²) in [5, 5.41) is 0. The molecular weight excluding hydrogens is 407 g/mol. The first-order chi connectivity index (χ1) is 15.2. The van der Waals surface area contributed by atoms with Gasteiger partial charge in [0.15, 0.2) is 0 Å². The Labute approximate surface area is 192 Å². The highest BCUT2D eigenvalue weighted by molar-refractivity contribution is 5.76. The van der Waals surface area contributed by atoms with E-state index in [2.05, 4.69) is 32.7 Å². The van der Waals surface area contributed by atoms with Crippen molar-refractivity contribution in [3.63, 3.8) is 0 Å². The van der Waals surface area contributed by atoms with Crippen LogP contribution in [0.3, 0.4) is 0 Å². The van der Waals surface area contributed by atoms with Crippen LogP contribution < -0.4 is 5.69 Å². The lowest BCUT2D eigenvalue weighted by Crippen LogP contribution is -2.27. The lowest BCUT2D eigenvalue weighted by atomic mass is 9.76. The number of rotatable bonds is 9. The lowest BCUT2D eigenvalue weighted by Gasteiger charge is -2.34. The Morgan fingerprint density at radius 2 is 1.78 bits per heavy atom. The molecule has 0 radical (unpaired) electrons. The summed E-state index contributed by atoms with van der Waals surface area (Å²) in [7, 11) is 1.72. The van der Waals surface area contributed by atoms with Crippen LogP contribution in [0.4, 0.5) is 4.39 Å². The topological polar surface area (TPSA) is 56.2 Å². The van der Waals surface area contributed by atoms with E-state index < -0.39 is 0 Å². The van der Waals surface area contributed by atoms with Gasteiger partial charge in [0.2, 0.25) is 0 Å². The molecule has 1 heterocycles. The van der Waals surface area contributed by atoms with Gasteiger partial charge >= 0.3 is 5.69 Å². The van der Waals surface area contributed by atoms with Crippen LogP contribution in [0.15, 0.2) is 16.9 Å². The number of methoxy groups -OCH3 is 1. The van der Waals surface area contributed by atoms with Crippen molar-refractivity contribution in [2.24, 2.45) is 5.41 Å². The Kier molecular flexibility index (Phi) is 10.4. The smallest absolute Gasteiger partial charge is 0.326 e. The molecule has 1 aromatic heterocycles. The standard InChI is InChI=1S/C15H21FN2O.C11H22O2/c1-4-6-11(7-5-2)18-14-8-10(3)12(16)9-13(14)17-15(18)19;1-11(2)6-4-10(5-7-11)13-9-8-12-3/h8-9,11H,4-7H2,1-3H3,(H,17,19);10H,4-9H2,1-3H3. The summed E-state index contributed by atoms with van der Waals surface area (Å²) in [6.07, 6.45) is 9.52. The fourth-order valence-corrected chi connectivity index (χ4v) is 4.52. The number of imidazole rings is 1. The van der Waals surface area contributed by atoms with E-state index in [1.54, 1.807) is 24.7 Å². The van der Waals surface area contributed by atoms with Crippen LogP contribution in [-0.4, -0.2) is 36.0 Å². The molecule has 32 heavy (non-hydrogen) atoms. The van der Waals surface area contributed by atoms with Gasteiger partial charge in [0.05, 0.1) is 30.4 Å². The average Bonchev–Trinajstić information content (AvgIpc) is 3.04. The molecule has 0 amide bonds. The number of ether oxygens (including phenoxy) is 2. The van der Waals surface area contributed by atoms with Crippen LogP contribution in [0.5, 0.6) is 0 Å². The van der Waals surface area contributed by atoms with E-state index in [-0.39, 0.29) is 17.5 Å². The monoisotopic (exact) mass is 450 g/mol. The molecule has 0 atom stereocenters. The quantitative estimate of drug-likeness (QED) is 0.442. The van der Waals surface area contributed by atoms with Crippen molar-refractivity contribution in [1.29, 1.82) is 0 Å². The van der Waals surface area contributed by atoms with Crippen LogP contribution in [0.1, 0.15) is 90.7 Å². The van der Waals surface area contributed by atoms with Gasteiger partial charge in [-0.05, 0) is 68.6 Å². The maximum Gasteiger partial charge on any atom is 0.326 e. The first-order valence-electron chi connectivity index (χ1n) is 12.2. The van der Waals surface area contributed by atoms with Crippen molar-refractivity contribution in [1.82, 2.24) is 9.55 Å². The SMILES string of the molecule is CCCC(CCC)n1c(=O)[nH]c2cc(F)c(C)cc21.COCCOC1CCC(C)(C)CC1. The minimum atomic E-state index is -0.275. The van der Waals surface area contributed by atoms with Gasteiger partial charge in [-0.1, -0.05) is 40.5 Å². The zero-order valence-corrected chi connectivity index (χ0v) is 20.9. The van der Waals surface area contributed by atoms with Gasteiger partial charge in [0.1, 0.15) is 5.82 Å². The van der Waals surface area contributed by atoms with E-state index in [1.165, 1.54) is 31.7 Å². The Bertz CT molecular complexity index is 871. The normalized spacial score (nSPS) is 16.4. The summed E-state index contributed by atoms with van der Waals surface area (Å²) < 4.78 is 26.0. The van der Waals surface area contributed by atoms with E-state index in [1.807, 2.05) is 0 Å². The van der Waals surface area contributed by atoms with E-state index in [9.17, 15) is 9.18 Å². The molecule has 1 aliphatic carbocycles. The molecule has 1 fully saturated rings. The predicted octanol–water partition coefficient (Wildman–Crippen LogP) is 6.54. The number of H-pyrrole nitrogens is 1. The second-order valence-corrected chi connectivity index (χ2v) is 9.88. The van der Waals surface area contributed by atoms with E-state index in [0.717, 1.165) is 44.4 Å². The Morgan fingerprint density at radius 1 is 1.16 bits per heavy atom. The van der Waals surface area contributed by atoms with Crippen LogP contribution in [0.25, 0.3) is 11.0 Å². The molecule has 182 valence electrons. The largest absolute Gasteiger partial charge is 0.382 e. The molecule has 0 saturated heterocycles. The third kappa shape index (κ3) is 7.45. The van der Waals surface area contributed by atoms with Crippen LogP contribution in [0, 0.1) is 18.2 Å². The van der Waals surface area contributed by atoms with Gasteiger partial charge in [-0.2, -0.15) is 0 Å². The molecule has 0 bridgehead atoms. The number of hydrogen-bond acceptors (Lipinski definition) is 3. The van der Waals surface area contributed by atoms with Crippen molar-refractivity contribution in [2.45, 2.75) is 98.1 Å². The number of fused-ring (bicyclic) bond motifs is 1. The Morgan fingerprint density at radius 3 is 2.34 bits per heavy atom. The van der Waals surface area contributed by atoms with Crippen LogP contribution in [-0.2, 0) is 9.47 Å². The fourth-order valence-electron chi connectivity index (χ4n) is 4.52. The molecule has 2 aromatic rings. The third-order valence-corrected chi connectivity index (χ3v) is 6.53. The Balaban J connectivity index is 0.000000244. The zero-order chi connectivity index (χ0) is 23.7. The molecule has 1 aliphatic rings. The third-order valence-electron chi connectivity index (χ3n) is 6.53. The molecule has 0 spiro atoms. The van der Waals surface area contributed by atoms with Crippen molar-refractivity contribution >= 4 is 11.0 Å². The zero-order valence-electron chi connectivity index (χ0n) is 20.9. The molecule has 1 saturated carbocycles. The Hall–Kier alpha value is -1.66. The van der Waals surface area contributed by atoms with E-state index in [0.29, 0.717) is 22.6 Å². The van der Waals surface area contributed by atoms with Crippen molar-refractivity contribution in [3.8, 4) is 0 Å². The van der Waals surface area contributed by atoms with Crippen molar-refractivity contribution in [3.05, 3.63) is 34.0 Å². The molecular formula is C26H43FN2O3. The number of aromatic nitrogens is 2. The molecule has 0 aliphatic heterocycles. The first-order valence-corrected chi connectivity index (χ1v) is 12.2. The minimum Gasteiger partial charge on any atom is -0.382 e. The van der Waals surface area contributed by atoms with Gasteiger partial charge in [0.25, 0.3) is 0 Å². The molecule has 0 unspecified atom stereocenters. The molecule has 1 N–H and O–H groups in total. The van der Waals surface area contributed by atoms with Crippen molar-refractivity contribution in [2.75, 3.05) is 20.3 Å². The van der Waals surface area contributed by atoms with Gasteiger partial charge in [-0.15, -0.1) is 0 Å². The van der Waals surface area contributed by atoms with Gasteiger partial charge in [0, 0.05) is 13.2 Å². The molecule has 1 aromatic carbocycles. The van der Waals surface area contributed by atoms with Crippen LogP contribution >= 0.6 is 0 Å².